The average molecular weight is 425 g/mol. The van der Waals surface area contributed by atoms with Crippen LogP contribution in [0.15, 0.2) is 58.2 Å². The summed E-state index contributed by atoms with van der Waals surface area (Å²) in [5, 5.41) is 7.75. The van der Waals surface area contributed by atoms with Gasteiger partial charge in [0.1, 0.15) is 10.8 Å². The van der Waals surface area contributed by atoms with Crippen LogP contribution >= 0.6 is 11.8 Å². The second kappa shape index (κ2) is 10.9. The minimum Gasteiger partial charge on any atom is -0.361 e. The van der Waals surface area contributed by atoms with Crippen LogP contribution in [-0.4, -0.2) is 34.0 Å². The number of benzene rings is 1. The van der Waals surface area contributed by atoms with Gasteiger partial charge in [-0.2, -0.15) is 0 Å². The smallest absolute Gasteiger partial charge is 0.254 e. The number of pyridine rings is 1. The van der Waals surface area contributed by atoms with Gasteiger partial charge in [-0.05, 0) is 43.3 Å². The van der Waals surface area contributed by atoms with Crippen molar-refractivity contribution in [3.05, 3.63) is 76.8 Å². The Morgan fingerprint density at radius 1 is 1.13 bits per heavy atom. The Balaban J connectivity index is 1.66. The average Bonchev–Trinajstić information content (AvgIpc) is 3.20. The summed E-state index contributed by atoms with van der Waals surface area (Å²) in [6.07, 6.45) is 1.70. The lowest BCUT2D eigenvalue weighted by Gasteiger charge is -2.20. The van der Waals surface area contributed by atoms with E-state index in [1.165, 1.54) is 17.3 Å². The van der Waals surface area contributed by atoms with Gasteiger partial charge in [0.25, 0.3) is 5.91 Å². The molecular formula is C23H28N4O2S. The Kier molecular flexibility index (Phi) is 8.04. The summed E-state index contributed by atoms with van der Waals surface area (Å²) < 4.78 is 5.11. The van der Waals surface area contributed by atoms with Gasteiger partial charge in [0.15, 0.2) is 0 Å². The highest BCUT2D eigenvalue weighted by molar-refractivity contribution is 7.98. The van der Waals surface area contributed by atoms with Crippen molar-refractivity contribution in [3.8, 4) is 0 Å². The second-order valence-electron chi connectivity index (χ2n) is 6.99. The number of nitrogens with one attached hydrogen (secondary N) is 1. The zero-order valence-corrected chi connectivity index (χ0v) is 18.5. The van der Waals surface area contributed by atoms with Crippen molar-refractivity contribution in [2.75, 3.05) is 13.1 Å². The summed E-state index contributed by atoms with van der Waals surface area (Å²) >= 11 is 1.48. The van der Waals surface area contributed by atoms with Gasteiger partial charge in [-0.15, -0.1) is 0 Å². The van der Waals surface area contributed by atoms with E-state index in [1.807, 2.05) is 25.1 Å². The molecule has 3 aromatic rings. The predicted octanol–water partition coefficient (Wildman–Crippen LogP) is 4.44. The van der Waals surface area contributed by atoms with Crippen molar-refractivity contribution < 1.29 is 9.32 Å². The van der Waals surface area contributed by atoms with Crippen LogP contribution in [-0.2, 0) is 18.8 Å². The van der Waals surface area contributed by atoms with E-state index in [0.29, 0.717) is 22.9 Å². The van der Waals surface area contributed by atoms with Crippen molar-refractivity contribution in [1.82, 2.24) is 20.4 Å². The highest BCUT2D eigenvalue weighted by Crippen LogP contribution is 2.24. The number of rotatable bonds is 10. The Morgan fingerprint density at radius 2 is 1.90 bits per heavy atom. The molecule has 3 rings (SSSR count). The molecule has 0 atom stereocenters. The first-order valence-electron chi connectivity index (χ1n) is 10.2. The van der Waals surface area contributed by atoms with E-state index < -0.39 is 0 Å². The topological polar surface area (TPSA) is 71.3 Å². The molecule has 2 aromatic heterocycles. The molecule has 6 nitrogen and oxygen atoms in total. The van der Waals surface area contributed by atoms with Crippen LogP contribution in [0.25, 0.3) is 0 Å². The van der Waals surface area contributed by atoms with Crippen molar-refractivity contribution in [2.45, 2.75) is 44.6 Å². The van der Waals surface area contributed by atoms with E-state index in [2.05, 4.69) is 46.3 Å². The van der Waals surface area contributed by atoms with Crippen LogP contribution < -0.4 is 5.32 Å². The first-order valence-corrected chi connectivity index (χ1v) is 11.2. The molecule has 0 aliphatic carbocycles. The number of aromatic nitrogens is 2. The standard InChI is InChI=1S/C23H28N4O2S/c1-4-27(5-2)15-19-10-7-6-9-18(19)14-25-22(28)21-11-8-12-24-23(21)30-16-20-13-17(3)29-26-20/h6-13H,4-5,14-16H2,1-3H3,(H,25,28). The molecule has 0 bridgehead atoms. The van der Waals surface area contributed by atoms with E-state index in [0.717, 1.165) is 36.7 Å². The summed E-state index contributed by atoms with van der Waals surface area (Å²) in [4.78, 5) is 19.6. The van der Waals surface area contributed by atoms with Crippen LogP contribution in [0.5, 0.6) is 0 Å². The van der Waals surface area contributed by atoms with Crippen LogP contribution in [0, 0.1) is 6.92 Å². The molecule has 0 spiro atoms. The summed E-state index contributed by atoms with van der Waals surface area (Å²) in [5.74, 6) is 1.24. The number of hydrogen-bond donors (Lipinski definition) is 1. The molecule has 0 aliphatic rings. The number of amides is 1. The highest BCUT2D eigenvalue weighted by atomic mass is 32.2. The van der Waals surface area contributed by atoms with Gasteiger partial charge in [-0.3, -0.25) is 9.69 Å². The van der Waals surface area contributed by atoms with Crippen molar-refractivity contribution in [3.63, 3.8) is 0 Å². The van der Waals surface area contributed by atoms with Gasteiger partial charge in [-0.25, -0.2) is 4.98 Å². The molecule has 2 heterocycles. The number of thioether (sulfide) groups is 1. The third-order valence-corrected chi connectivity index (χ3v) is 5.93. The lowest BCUT2D eigenvalue weighted by atomic mass is 10.1. The van der Waals surface area contributed by atoms with Crippen LogP contribution in [0.3, 0.4) is 0 Å². The first kappa shape index (κ1) is 22.1. The van der Waals surface area contributed by atoms with E-state index in [1.54, 1.807) is 18.3 Å². The Hall–Kier alpha value is -2.64. The van der Waals surface area contributed by atoms with Crippen LogP contribution in [0.1, 0.15) is 46.8 Å². The summed E-state index contributed by atoms with van der Waals surface area (Å²) in [7, 11) is 0. The largest absolute Gasteiger partial charge is 0.361 e. The maximum atomic E-state index is 12.9. The van der Waals surface area contributed by atoms with Crippen LogP contribution in [0.4, 0.5) is 0 Å². The van der Waals surface area contributed by atoms with Gasteiger partial charge >= 0.3 is 0 Å². The van der Waals surface area contributed by atoms with Crippen LogP contribution in [0.2, 0.25) is 0 Å². The zero-order chi connectivity index (χ0) is 21.3. The molecule has 0 radical (unpaired) electrons. The SMILES string of the molecule is CCN(CC)Cc1ccccc1CNC(=O)c1cccnc1SCc1cc(C)on1. The fourth-order valence-electron chi connectivity index (χ4n) is 3.15. The summed E-state index contributed by atoms with van der Waals surface area (Å²) in [6.45, 7) is 9.55. The summed E-state index contributed by atoms with van der Waals surface area (Å²) in [5.41, 5.74) is 3.78. The van der Waals surface area contributed by atoms with E-state index in [4.69, 9.17) is 4.52 Å². The van der Waals surface area contributed by atoms with Gasteiger partial charge in [0.05, 0.1) is 11.3 Å². The Bertz CT molecular complexity index is 969. The monoisotopic (exact) mass is 424 g/mol. The van der Waals surface area contributed by atoms with E-state index >= 15 is 0 Å². The number of hydrogen-bond acceptors (Lipinski definition) is 6. The molecule has 1 N–H and O–H groups in total. The molecule has 0 saturated carbocycles. The van der Waals surface area contributed by atoms with Gasteiger partial charge in [-0.1, -0.05) is 55.0 Å². The lowest BCUT2D eigenvalue weighted by Crippen LogP contribution is -2.26. The predicted molar refractivity (Wildman–Crippen MR) is 119 cm³/mol. The maximum Gasteiger partial charge on any atom is 0.254 e. The first-order chi connectivity index (χ1) is 14.6. The molecule has 0 fully saturated rings. The lowest BCUT2D eigenvalue weighted by molar-refractivity contribution is 0.0947. The molecule has 1 amide bonds. The molecule has 7 heteroatoms. The normalized spacial score (nSPS) is 11.1. The number of carbonyl (C=O) groups excluding carboxylic acids is 1. The third-order valence-electron chi connectivity index (χ3n) is 4.90. The van der Waals surface area contributed by atoms with Gasteiger partial charge in [0.2, 0.25) is 0 Å². The molecule has 1 aromatic carbocycles. The molecular weight excluding hydrogens is 396 g/mol. The summed E-state index contributed by atoms with van der Waals surface area (Å²) in [6, 6.07) is 13.7. The Labute approximate surface area is 182 Å². The fraction of sp³-hybridized carbons (Fsp3) is 0.348. The molecule has 0 saturated heterocycles. The van der Waals surface area contributed by atoms with Crippen molar-refractivity contribution in [2.24, 2.45) is 0 Å². The molecule has 30 heavy (non-hydrogen) atoms. The minimum absolute atomic E-state index is 0.125. The number of nitrogens with zero attached hydrogens (tertiary/aromatic N) is 3. The highest BCUT2D eigenvalue weighted by Gasteiger charge is 2.14. The van der Waals surface area contributed by atoms with E-state index in [9.17, 15) is 4.79 Å². The van der Waals surface area contributed by atoms with E-state index in [-0.39, 0.29) is 5.91 Å². The number of carbonyl (C=O) groups is 1. The van der Waals surface area contributed by atoms with Gasteiger partial charge < -0.3 is 9.84 Å². The molecule has 0 unspecified atom stereocenters. The van der Waals surface area contributed by atoms with Crippen molar-refractivity contribution in [1.29, 1.82) is 0 Å². The molecule has 158 valence electrons. The molecule has 0 aliphatic heterocycles. The third kappa shape index (κ3) is 5.93. The zero-order valence-electron chi connectivity index (χ0n) is 17.7. The second-order valence-corrected chi connectivity index (χ2v) is 7.95. The van der Waals surface area contributed by atoms with Crippen molar-refractivity contribution >= 4 is 17.7 Å². The van der Waals surface area contributed by atoms with Gasteiger partial charge in [0, 0.05) is 31.1 Å². The minimum atomic E-state index is -0.125. The Morgan fingerprint density at radius 3 is 2.60 bits per heavy atom. The number of aryl methyl sites for hydroxylation is 1. The maximum absolute atomic E-state index is 12.9. The quantitative estimate of drug-likeness (QED) is 0.485. The fourth-order valence-corrected chi connectivity index (χ4v) is 4.02.